The number of halogens is 2. The summed E-state index contributed by atoms with van der Waals surface area (Å²) in [4.78, 5) is 28.6. The number of para-hydroxylation sites is 1. The molecule has 1 saturated heterocycles. The number of rotatable bonds is 4. The summed E-state index contributed by atoms with van der Waals surface area (Å²) in [5, 5.41) is 13.3. The number of imidazole rings is 1. The molecule has 6 rings (SSSR count). The van der Waals surface area contributed by atoms with Crippen molar-refractivity contribution in [2.75, 3.05) is 37.6 Å². The molecular weight excluding hydrogens is 473 g/mol. The van der Waals surface area contributed by atoms with Crippen molar-refractivity contribution in [3.8, 4) is 0 Å². The Morgan fingerprint density at radius 3 is 2.71 bits per heavy atom. The average Bonchev–Trinajstić information content (AvgIpc) is 3.31. The molecule has 1 aliphatic heterocycles. The Kier molecular flexibility index (Phi) is 6.14. The molecule has 8 nitrogen and oxygen atoms in total. The van der Waals surface area contributed by atoms with Gasteiger partial charge in [0.05, 0.1) is 5.52 Å². The molecule has 0 aliphatic carbocycles. The molecule has 5 aromatic rings. The predicted octanol–water partition coefficient (Wildman–Crippen LogP) is 3.63. The largest absolute Gasteiger partial charge is 0.421 e. The van der Waals surface area contributed by atoms with Crippen LogP contribution in [0.2, 0.25) is 0 Å². The number of β-amino-alcohol motifs (C(OH)–C–C–N with tert-alkyl or cyclic N) is 1. The molecule has 0 spiro atoms. The molecular formula is C25H23ClFN5O3. The number of nitrogens with zero attached hydrogens (tertiary/aromatic N) is 4. The van der Waals surface area contributed by atoms with Gasteiger partial charge in [-0.2, -0.15) is 0 Å². The second kappa shape index (κ2) is 9.26. The van der Waals surface area contributed by atoms with E-state index in [1.165, 1.54) is 12.1 Å². The highest BCUT2D eigenvalue weighted by Crippen LogP contribution is 2.27. The van der Waals surface area contributed by atoms with Gasteiger partial charge in [-0.25, -0.2) is 19.2 Å². The van der Waals surface area contributed by atoms with E-state index in [1.54, 1.807) is 24.4 Å². The van der Waals surface area contributed by atoms with Gasteiger partial charge in [0.2, 0.25) is 0 Å². The van der Waals surface area contributed by atoms with Crippen LogP contribution in [-0.2, 0) is 0 Å². The van der Waals surface area contributed by atoms with E-state index in [1.807, 2.05) is 18.2 Å². The van der Waals surface area contributed by atoms with Gasteiger partial charge in [-0.05, 0) is 35.7 Å². The molecule has 35 heavy (non-hydrogen) atoms. The Bertz CT molecular complexity index is 1580. The maximum atomic E-state index is 13.8. The lowest BCUT2D eigenvalue weighted by Crippen LogP contribution is -2.48. The number of hydrogen-bond acceptors (Lipinski definition) is 7. The third-order valence-corrected chi connectivity index (χ3v) is 6.40. The summed E-state index contributed by atoms with van der Waals surface area (Å²) in [6.07, 6.45) is 0.856. The number of pyridine rings is 1. The molecule has 1 fully saturated rings. The predicted molar refractivity (Wildman–Crippen MR) is 135 cm³/mol. The Hall–Kier alpha value is -3.53. The van der Waals surface area contributed by atoms with Gasteiger partial charge in [-0.3, -0.25) is 4.90 Å². The number of H-pyrrole nitrogens is 1. The first-order chi connectivity index (χ1) is 16.6. The minimum Gasteiger partial charge on any atom is -0.421 e. The molecule has 180 valence electrons. The molecule has 0 saturated carbocycles. The second-order valence-electron chi connectivity index (χ2n) is 8.53. The highest BCUT2D eigenvalue weighted by atomic mass is 35.5. The lowest BCUT2D eigenvalue weighted by atomic mass is 10.1. The zero-order chi connectivity index (χ0) is 23.2. The number of aliphatic hydroxyl groups excluding tert-OH is 1. The van der Waals surface area contributed by atoms with Crippen LogP contribution in [0.1, 0.15) is 11.9 Å². The number of anilines is 1. The zero-order valence-corrected chi connectivity index (χ0v) is 19.5. The minimum absolute atomic E-state index is 0. The number of nitrogens with one attached hydrogen (secondary N) is 1. The van der Waals surface area contributed by atoms with Gasteiger partial charge in [0.1, 0.15) is 29.1 Å². The summed E-state index contributed by atoms with van der Waals surface area (Å²) in [5.74, 6) is 0.830. The maximum Gasteiger partial charge on any atom is 0.364 e. The van der Waals surface area contributed by atoms with Crippen LogP contribution in [-0.4, -0.2) is 57.7 Å². The summed E-state index contributed by atoms with van der Waals surface area (Å²) >= 11 is 0. The Morgan fingerprint density at radius 2 is 1.89 bits per heavy atom. The van der Waals surface area contributed by atoms with Crippen LogP contribution in [0.15, 0.2) is 63.9 Å². The van der Waals surface area contributed by atoms with E-state index in [4.69, 9.17) is 4.42 Å². The topological polar surface area (TPSA) is 98.5 Å². The van der Waals surface area contributed by atoms with Gasteiger partial charge in [-0.15, -0.1) is 12.4 Å². The van der Waals surface area contributed by atoms with E-state index in [9.17, 15) is 14.3 Å². The lowest BCUT2D eigenvalue weighted by Gasteiger charge is -2.36. The Labute approximate surface area is 205 Å². The van der Waals surface area contributed by atoms with E-state index >= 15 is 0 Å². The van der Waals surface area contributed by atoms with Crippen molar-refractivity contribution in [3.63, 3.8) is 0 Å². The van der Waals surface area contributed by atoms with Gasteiger partial charge in [0.15, 0.2) is 5.52 Å². The number of aromatic nitrogens is 3. The molecule has 2 N–H and O–H groups in total. The highest BCUT2D eigenvalue weighted by molar-refractivity contribution is 6.00. The van der Waals surface area contributed by atoms with Crippen molar-refractivity contribution in [1.82, 2.24) is 19.9 Å². The van der Waals surface area contributed by atoms with E-state index in [-0.39, 0.29) is 23.7 Å². The van der Waals surface area contributed by atoms with Crippen molar-refractivity contribution in [1.29, 1.82) is 0 Å². The normalized spacial score (nSPS) is 15.5. The van der Waals surface area contributed by atoms with Crippen molar-refractivity contribution >= 4 is 51.0 Å². The maximum absolute atomic E-state index is 13.8. The van der Waals surface area contributed by atoms with Crippen LogP contribution in [0.5, 0.6) is 0 Å². The molecule has 2 aromatic carbocycles. The van der Waals surface area contributed by atoms with Crippen molar-refractivity contribution in [2.24, 2.45) is 0 Å². The monoisotopic (exact) mass is 495 g/mol. The minimum atomic E-state index is -0.887. The molecule has 10 heteroatoms. The zero-order valence-electron chi connectivity index (χ0n) is 18.6. The third kappa shape index (κ3) is 4.22. The quantitative estimate of drug-likeness (QED) is 0.367. The second-order valence-corrected chi connectivity index (χ2v) is 8.53. The van der Waals surface area contributed by atoms with Gasteiger partial charge in [0, 0.05) is 49.7 Å². The number of hydrogen-bond donors (Lipinski definition) is 2. The fourth-order valence-electron chi connectivity index (χ4n) is 4.65. The number of aromatic amines is 1. The van der Waals surface area contributed by atoms with E-state index < -0.39 is 11.7 Å². The van der Waals surface area contributed by atoms with Crippen LogP contribution in [0.4, 0.5) is 10.2 Å². The number of benzene rings is 2. The van der Waals surface area contributed by atoms with Crippen LogP contribution in [0, 0.1) is 5.82 Å². The molecule has 1 aliphatic rings. The fourth-order valence-corrected chi connectivity index (χ4v) is 4.65. The average molecular weight is 496 g/mol. The molecule has 0 amide bonds. The highest BCUT2D eigenvalue weighted by Gasteiger charge is 2.24. The number of fused-ring (bicyclic) bond motifs is 4. The SMILES string of the molecule is Cl.O=c1oc2ccccc2c2[nH]c(C(O)CN3CCN(c4nccc5ccc(F)cc45)CC3)nc12. The van der Waals surface area contributed by atoms with E-state index in [2.05, 4.69) is 24.8 Å². The van der Waals surface area contributed by atoms with Gasteiger partial charge >= 0.3 is 5.63 Å². The van der Waals surface area contributed by atoms with Crippen LogP contribution < -0.4 is 10.5 Å². The van der Waals surface area contributed by atoms with Crippen molar-refractivity contribution in [3.05, 3.63) is 76.8 Å². The van der Waals surface area contributed by atoms with Crippen LogP contribution in [0.25, 0.3) is 32.8 Å². The smallest absolute Gasteiger partial charge is 0.364 e. The summed E-state index contributed by atoms with van der Waals surface area (Å²) in [7, 11) is 0. The Balaban J connectivity index is 0.00000253. The molecule has 0 bridgehead atoms. The molecule has 0 radical (unpaired) electrons. The standard InChI is InChI=1S/C25H22FN5O3.ClH/c26-16-6-5-15-7-8-27-24(18(15)13-16)31-11-9-30(10-12-31)14-19(32)23-28-21-17-3-1-2-4-20(17)34-25(33)22(21)29-23;/h1-8,13,19,32H,9-12,14H2,(H,28,29);1H. The molecule has 1 atom stereocenters. The third-order valence-electron chi connectivity index (χ3n) is 6.40. The van der Waals surface area contributed by atoms with E-state index in [0.717, 1.165) is 22.0 Å². The first-order valence-electron chi connectivity index (χ1n) is 11.2. The van der Waals surface area contributed by atoms with Crippen molar-refractivity contribution < 1.29 is 13.9 Å². The Morgan fingerprint density at radius 1 is 1.09 bits per heavy atom. The van der Waals surface area contributed by atoms with Gasteiger partial charge in [0.25, 0.3) is 0 Å². The molecule has 1 unspecified atom stereocenters. The van der Waals surface area contributed by atoms with E-state index in [0.29, 0.717) is 49.6 Å². The number of aliphatic hydroxyl groups is 1. The summed E-state index contributed by atoms with van der Waals surface area (Å²) in [6.45, 7) is 3.17. The summed E-state index contributed by atoms with van der Waals surface area (Å²) < 4.78 is 19.2. The molecule has 3 aromatic heterocycles. The van der Waals surface area contributed by atoms with Crippen LogP contribution >= 0.6 is 12.4 Å². The van der Waals surface area contributed by atoms with Gasteiger partial charge < -0.3 is 19.4 Å². The summed E-state index contributed by atoms with van der Waals surface area (Å²) in [5.41, 5.74) is 0.700. The van der Waals surface area contributed by atoms with Gasteiger partial charge in [-0.1, -0.05) is 18.2 Å². The summed E-state index contributed by atoms with van der Waals surface area (Å²) in [6, 6.07) is 13.9. The van der Waals surface area contributed by atoms with Crippen LogP contribution in [0.3, 0.4) is 0 Å². The fraction of sp³-hybridized carbons (Fsp3) is 0.240. The number of piperazine rings is 1. The molecule has 4 heterocycles. The lowest BCUT2D eigenvalue weighted by molar-refractivity contribution is 0.103. The van der Waals surface area contributed by atoms with Crippen molar-refractivity contribution in [2.45, 2.75) is 6.10 Å². The first kappa shape index (κ1) is 23.2. The first-order valence-corrected chi connectivity index (χ1v) is 11.2.